The van der Waals surface area contributed by atoms with Crippen molar-refractivity contribution in [1.29, 1.82) is 5.26 Å². The number of alkyl halides is 3. The molecule has 34 heavy (non-hydrogen) atoms. The highest BCUT2D eigenvalue weighted by atomic mass is 19.4. The maximum absolute atomic E-state index is 13.1. The van der Waals surface area contributed by atoms with E-state index < -0.39 is 17.7 Å². The normalized spacial score (nSPS) is 15.3. The van der Waals surface area contributed by atoms with Gasteiger partial charge in [0, 0.05) is 5.56 Å². The maximum atomic E-state index is 13.1. The molecule has 8 nitrogen and oxygen atoms in total. The molecule has 0 fully saturated rings. The Labute approximate surface area is 192 Å². The Morgan fingerprint density at radius 3 is 2.18 bits per heavy atom. The summed E-state index contributed by atoms with van der Waals surface area (Å²) < 4.78 is 61.0. The smallest absolute Gasteiger partial charge is 0.416 e. The Kier molecular flexibility index (Phi) is 5.75. The van der Waals surface area contributed by atoms with Crippen LogP contribution >= 0.6 is 0 Å². The molecule has 4 rings (SSSR count). The molecule has 1 aromatic heterocycles. The Hall–Kier alpha value is -4.33. The van der Waals surface area contributed by atoms with Gasteiger partial charge in [-0.05, 0) is 29.8 Å². The molecular weight excluding hydrogens is 453 g/mol. The third-order valence-electron chi connectivity index (χ3n) is 5.46. The third-order valence-corrected chi connectivity index (χ3v) is 5.46. The lowest BCUT2D eigenvalue weighted by molar-refractivity contribution is -0.137. The van der Waals surface area contributed by atoms with E-state index in [0.29, 0.717) is 39.6 Å². The van der Waals surface area contributed by atoms with E-state index >= 15 is 0 Å². The van der Waals surface area contributed by atoms with Crippen LogP contribution in [0.3, 0.4) is 0 Å². The van der Waals surface area contributed by atoms with E-state index in [2.05, 4.69) is 10.2 Å². The van der Waals surface area contributed by atoms with Gasteiger partial charge in [-0.2, -0.15) is 18.4 Å². The molecule has 0 radical (unpaired) electrons. The van der Waals surface area contributed by atoms with Crippen molar-refractivity contribution >= 4 is 0 Å². The van der Waals surface area contributed by atoms with E-state index in [-0.39, 0.29) is 17.3 Å². The van der Waals surface area contributed by atoms with Crippen LogP contribution in [0.5, 0.6) is 23.1 Å². The zero-order valence-electron chi connectivity index (χ0n) is 18.3. The highest BCUT2D eigenvalue weighted by Crippen LogP contribution is 2.48. The second-order valence-corrected chi connectivity index (χ2v) is 7.28. The lowest BCUT2D eigenvalue weighted by Crippen LogP contribution is -2.21. The molecule has 3 N–H and O–H groups in total. The van der Waals surface area contributed by atoms with Crippen LogP contribution in [0.2, 0.25) is 0 Å². The predicted octanol–water partition coefficient (Wildman–Crippen LogP) is 4.34. The Balaban J connectivity index is 1.92. The zero-order chi connectivity index (χ0) is 24.6. The monoisotopic (exact) mass is 472 g/mol. The number of nitriles is 1. The van der Waals surface area contributed by atoms with E-state index in [4.69, 9.17) is 24.7 Å². The predicted molar refractivity (Wildman–Crippen MR) is 114 cm³/mol. The van der Waals surface area contributed by atoms with Crippen LogP contribution in [0.4, 0.5) is 13.2 Å². The lowest BCUT2D eigenvalue weighted by Gasteiger charge is -2.24. The summed E-state index contributed by atoms with van der Waals surface area (Å²) in [6.07, 6.45) is -4.50. The molecule has 1 aliphatic rings. The van der Waals surface area contributed by atoms with Gasteiger partial charge in [0.1, 0.15) is 11.6 Å². The average molecular weight is 472 g/mol. The van der Waals surface area contributed by atoms with Crippen molar-refractivity contribution in [3.05, 3.63) is 64.5 Å². The summed E-state index contributed by atoms with van der Waals surface area (Å²) in [6.45, 7) is 0. The van der Waals surface area contributed by atoms with E-state index in [0.717, 1.165) is 12.1 Å². The van der Waals surface area contributed by atoms with Crippen LogP contribution in [-0.2, 0) is 6.18 Å². The topological polar surface area (TPSA) is 115 Å². The number of allylic oxidation sites excluding steroid dienone is 1. The number of benzene rings is 2. The molecular formula is C23H19F3N4O4. The van der Waals surface area contributed by atoms with Crippen molar-refractivity contribution in [2.24, 2.45) is 5.73 Å². The Morgan fingerprint density at radius 2 is 1.68 bits per heavy atom. The molecule has 1 aliphatic heterocycles. The highest BCUT2D eigenvalue weighted by Gasteiger charge is 2.37. The summed E-state index contributed by atoms with van der Waals surface area (Å²) in [5.74, 6) is 0.216. The molecule has 3 aromatic rings. The number of nitrogens with one attached hydrogen (secondary N) is 1. The second kappa shape index (κ2) is 8.55. The maximum Gasteiger partial charge on any atom is 0.416 e. The zero-order valence-corrected chi connectivity index (χ0v) is 18.3. The molecule has 0 bridgehead atoms. The molecule has 1 atom stereocenters. The number of aromatic nitrogens is 2. The highest BCUT2D eigenvalue weighted by molar-refractivity contribution is 5.75. The first-order valence-corrected chi connectivity index (χ1v) is 9.86. The summed E-state index contributed by atoms with van der Waals surface area (Å²) in [6, 6.07) is 9.88. The largest absolute Gasteiger partial charge is 0.493 e. The van der Waals surface area contributed by atoms with Gasteiger partial charge >= 0.3 is 6.18 Å². The Bertz CT molecular complexity index is 1280. The number of halogens is 3. The fourth-order valence-corrected chi connectivity index (χ4v) is 3.89. The molecule has 0 amide bonds. The van der Waals surface area contributed by atoms with Gasteiger partial charge in [-0.1, -0.05) is 12.1 Å². The molecule has 11 heteroatoms. The standard InChI is InChI=1S/C23H19F3N4O4/c1-31-15-8-12(9-16(32-2)20(15)33-3)19-18-17(11-4-6-13(7-5-11)23(24,25)26)14(10-27)21(28)34-22(18)30-29-19/h4-9,17H,28H2,1-3H3,(H,29,30)/t17-/m0/s1. The molecule has 2 heterocycles. The number of nitrogens with two attached hydrogens (primary N) is 1. The summed E-state index contributed by atoms with van der Waals surface area (Å²) in [5, 5.41) is 16.8. The molecule has 0 saturated carbocycles. The number of ether oxygens (including phenoxy) is 4. The third kappa shape index (κ3) is 3.73. The number of fused-ring (bicyclic) bond motifs is 1. The van der Waals surface area contributed by atoms with Crippen LogP contribution in [0.25, 0.3) is 11.3 Å². The number of hydrogen-bond donors (Lipinski definition) is 2. The van der Waals surface area contributed by atoms with Gasteiger partial charge in [-0.25, -0.2) is 0 Å². The van der Waals surface area contributed by atoms with Crippen LogP contribution < -0.4 is 24.7 Å². The van der Waals surface area contributed by atoms with Gasteiger partial charge in [0.2, 0.25) is 17.5 Å². The first-order valence-electron chi connectivity index (χ1n) is 9.86. The number of rotatable bonds is 5. The van der Waals surface area contributed by atoms with Gasteiger partial charge in [-0.3, -0.25) is 5.10 Å². The van der Waals surface area contributed by atoms with E-state index in [1.165, 1.54) is 33.5 Å². The van der Waals surface area contributed by atoms with Crippen molar-refractivity contribution < 1.29 is 32.1 Å². The van der Waals surface area contributed by atoms with Gasteiger partial charge in [0.25, 0.3) is 0 Å². The lowest BCUT2D eigenvalue weighted by atomic mass is 9.82. The van der Waals surface area contributed by atoms with Crippen LogP contribution in [0.1, 0.15) is 22.6 Å². The van der Waals surface area contributed by atoms with Crippen molar-refractivity contribution in [3.63, 3.8) is 0 Å². The van der Waals surface area contributed by atoms with E-state index in [1.807, 2.05) is 6.07 Å². The number of hydrogen-bond acceptors (Lipinski definition) is 7. The van der Waals surface area contributed by atoms with Crippen molar-refractivity contribution in [2.75, 3.05) is 21.3 Å². The fraction of sp³-hybridized carbons (Fsp3) is 0.217. The first-order chi connectivity index (χ1) is 16.2. The van der Waals surface area contributed by atoms with E-state index in [1.54, 1.807) is 12.1 Å². The molecule has 0 aliphatic carbocycles. The number of aromatic amines is 1. The SMILES string of the molecule is COc1cc(-c2[nH]nc3c2[C@@H](c2ccc(C(F)(F)F)cc2)C(C#N)=C(N)O3)cc(OC)c1OC. The number of nitrogens with zero attached hydrogens (tertiary/aromatic N) is 2. The average Bonchev–Trinajstić information content (AvgIpc) is 3.24. The van der Waals surface area contributed by atoms with Crippen LogP contribution in [0.15, 0.2) is 47.9 Å². The number of methoxy groups -OCH3 is 3. The minimum absolute atomic E-state index is 0.0438. The summed E-state index contributed by atoms with van der Waals surface area (Å²) in [5.41, 5.74) is 7.03. The molecule has 0 unspecified atom stereocenters. The summed E-state index contributed by atoms with van der Waals surface area (Å²) >= 11 is 0. The summed E-state index contributed by atoms with van der Waals surface area (Å²) in [7, 11) is 4.41. The van der Waals surface area contributed by atoms with Gasteiger partial charge in [0.05, 0.1) is 44.1 Å². The van der Waals surface area contributed by atoms with Gasteiger partial charge in [-0.15, -0.1) is 5.10 Å². The van der Waals surface area contributed by atoms with E-state index in [9.17, 15) is 18.4 Å². The summed E-state index contributed by atoms with van der Waals surface area (Å²) in [4.78, 5) is 0. The Morgan fingerprint density at radius 1 is 1.06 bits per heavy atom. The van der Waals surface area contributed by atoms with Crippen molar-refractivity contribution in [3.8, 4) is 40.5 Å². The van der Waals surface area contributed by atoms with Crippen molar-refractivity contribution in [2.45, 2.75) is 12.1 Å². The molecule has 0 spiro atoms. The van der Waals surface area contributed by atoms with Crippen molar-refractivity contribution in [1.82, 2.24) is 10.2 Å². The number of H-pyrrole nitrogens is 1. The quantitative estimate of drug-likeness (QED) is 0.568. The second-order valence-electron chi connectivity index (χ2n) is 7.28. The first kappa shape index (κ1) is 22.8. The molecule has 176 valence electrons. The minimum atomic E-state index is -4.50. The fourth-order valence-electron chi connectivity index (χ4n) is 3.89. The molecule has 2 aromatic carbocycles. The minimum Gasteiger partial charge on any atom is -0.493 e. The van der Waals surface area contributed by atoms with Crippen LogP contribution in [0, 0.1) is 11.3 Å². The van der Waals surface area contributed by atoms with Gasteiger partial charge in [0.15, 0.2) is 11.5 Å². The van der Waals surface area contributed by atoms with Crippen LogP contribution in [-0.4, -0.2) is 31.5 Å². The van der Waals surface area contributed by atoms with Gasteiger partial charge < -0.3 is 24.7 Å². The molecule has 0 saturated heterocycles.